The minimum Gasteiger partial charge on any atom is -0.338 e. The van der Waals surface area contributed by atoms with Crippen molar-refractivity contribution in [3.05, 3.63) is 35.6 Å². The van der Waals surface area contributed by atoms with Crippen LogP contribution >= 0.6 is 0 Å². The van der Waals surface area contributed by atoms with Crippen LogP contribution in [-0.4, -0.2) is 29.4 Å². The van der Waals surface area contributed by atoms with Crippen molar-refractivity contribution in [2.24, 2.45) is 11.7 Å². The van der Waals surface area contributed by atoms with Gasteiger partial charge in [-0.05, 0) is 50.3 Å². The fourth-order valence-corrected chi connectivity index (χ4v) is 3.17. The number of carbonyl (C=O) groups is 1. The van der Waals surface area contributed by atoms with Crippen LogP contribution < -0.4 is 5.73 Å². The number of piperidine rings is 1. The number of hydrogen-bond donors (Lipinski definition) is 1. The predicted octanol–water partition coefficient (Wildman–Crippen LogP) is 2.73. The van der Waals surface area contributed by atoms with Crippen LogP contribution in [0.4, 0.5) is 4.39 Å². The molecule has 1 fully saturated rings. The topological polar surface area (TPSA) is 46.3 Å². The molecule has 0 aromatic heterocycles. The summed E-state index contributed by atoms with van der Waals surface area (Å²) in [7, 11) is 0. The van der Waals surface area contributed by atoms with Crippen molar-refractivity contribution in [2.45, 2.75) is 51.6 Å². The first-order chi connectivity index (χ1) is 9.99. The predicted molar refractivity (Wildman–Crippen MR) is 82.3 cm³/mol. The van der Waals surface area contributed by atoms with Gasteiger partial charge in [0, 0.05) is 24.5 Å². The molecule has 1 amide bonds. The molecular weight excluding hydrogens is 267 g/mol. The molecular formula is C17H25FN2O. The fraction of sp³-hybridized carbons (Fsp3) is 0.588. The minimum atomic E-state index is -0.251. The van der Waals surface area contributed by atoms with Gasteiger partial charge in [0.1, 0.15) is 5.82 Å². The summed E-state index contributed by atoms with van der Waals surface area (Å²) in [4.78, 5) is 14.6. The number of hydrogen-bond acceptors (Lipinski definition) is 2. The molecule has 4 heteroatoms. The molecule has 3 atom stereocenters. The van der Waals surface area contributed by atoms with Crippen LogP contribution in [0.1, 0.15) is 38.7 Å². The van der Waals surface area contributed by atoms with Crippen molar-refractivity contribution in [3.63, 3.8) is 0 Å². The van der Waals surface area contributed by atoms with Crippen LogP contribution in [0.2, 0.25) is 0 Å². The lowest BCUT2D eigenvalue weighted by Crippen LogP contribution is -2.53. The van der Waals surface area contributed by atoms with Crippen LogP contribution in [0.15, 0.2) is 24.3 Å². The second kappa shape index (κ2) is 7.03. The molecule has 1 heterocycles. The summed E-state index contributed by atoms with van der Waals surface area (Å²) in [6, 6.07) is 6.62. The Morgan fingerprint density at radius 1 is 1.43 bits per heavy atom. The lowest BCUT2D eigenvalue weighted by molar-refractivity contribution is -0.139. The zero-order valence-corrected chi connectivity index (χ0v) is 12.9. The van der Waals surface area contributed by atoms with Gasteiger partial charge in [0.05, 0.1) is 0 Å². The van der Waals surface area contributed by atoms with Crippen molar-refractivity contribution in [2.75, 3.05) is 6.54 Å². The second-order valence-electron chi connectivity index (χ2n) is 6.19. The highest BCUT2D eigenvalue weighted by molar-refractivity contribution is 5.79. The van der Waals surface area contributed by atoms with E-state index in [1.807, 2.05) is 24.8 Å². The van der Waals surface area contributed by atoms with E-state index >= 15 is 0 Å². The monoisotopic (exact) mass is 292 g/mol. The molecule has 1 aliphatic heterocycles. The lowest BCUT2D eigenvalue weighted by Gasteiger charge is -2.39. The molecule has 116 valence electrons. The fourth-order valence-electron chi connectivity index (χ4n) is 3.17. The first-order valence-electron chi connectivity index (χ1n) is 7.79. The summed E-state index contributed by atoms with van der Waals surface area (Å²) in [5.41, 5.74) is 6.89. The van der Waals surface area contributed by atoms with E-state index in [4.69, 9.17) is 5.73 Å². The first-order valence-corrected chi connectivity index (χ1v) is 7.79. The van der Waals surface area contributed by atoms with E-state index in [9.17, 15) is 9.18 Å². The van der Waals surface area contributed by atoms with Gasteiger partial charge in [0.25, 0.3) is 0 Å². The number of carbonyl (C=O) groups excluding carboxylic acids is 1. The Hall–Kier alpha value is -1.42. The number of nitrogens with two attached hydrogens (primary N) is 1. The Balaban J connectivity index is 2.03. The maximum Gasteiger partial charge on any atom is 0.226 e. The molecule has 0 saturated carbocycles. The van der Waals surface area contributed by atoms with Crippen molar-refractivity contribution in [1.82, 2.24) is 4.90 Å². The molecule has 21 heavy (non-hydrogen) atoms. The maximum absolute atomic E-state index is 13.2. The average Bonchev–Trinajstić information content (AvgIpc) is 2.46. The van der Waals surface area contributed by atoms with Crippen molar-refractivity contribution in [3.8, 4) is 0 Å². The minimum absolute atomic E-state index is 0.00406. The van der Waals surface area contributed by atoms with Crippen LogP contribution in [-0.2, 0) is 11.2 Å². The summed E-state index contributed by atoms with van der Waals surface area (Å²) in [6.45, 7) is 4.67. The summed E-state index contributed by atoms with van der Waals surface area (Å²) in [6.07, 6.45) is 3.73. The number of rotatable bonds is 4. The maximum atomic E-state index is 13.2. The Labute approximate surface area is 126 Å². The molecule has 2 N–H and O–H groups in total. The van der Waals surface area contributed by atoms with Gasteiger partial charge in [-0.25, -0.2) is 4.39 Å². The Kier molecular flexibility index (Phi) is 5.34. The molecule has 3 unspecified atom stereocenters. The molecule has 1 saturated heterocycles. The number of benzene rings is 1. The summed E-state index contributed by atoms with van der Waals surface area (Å²) in [5.74, 6) is -0.258. The Morgan fingerprint density at radius 2 is 2.19 bits per heavy atom. The smallest absolute Gasteiger partial charge is 0.226 e. The van der Waals surface area contributed by atoms with Crippen LogP contribution in [0.3, 0.4) is 0 Å². The highest BCUT2D eigenvalue weighted by atomic mass is 19.1. The normalized spacial score (nSPS) is 21.9. The van der Waals surface area contributed by atoms with E-state index < -0.39 is 0 Å². The second-order valence-corrected chi connectivity index (χ2v) is 6.19. The van der Waals surface area contributed by atoms with Crippen LogP contribution in [0, 0.1) is 11.7 Å². The van der Waals surface area contributed by atoms with Gasteiger partial charge in [-0.15, -0.1) is 0 Å². The van der Waals surface area contributed by atoms with Crippen molar-refractivity contribution in [1.29, 1.82) is 0 Å². The molecule has 0 spiro atoms. The molecule has 1 aromatic carbocycles. The van der Waals surface area contributed by atoms with E-state index in [0.29, 0.717) is 6.42 Å². The van der Waals surface area contributed by atoms with Gasteiger partial charge in [0.15, 0.2) is 0 Å². The van der Waals surface area contributed by atoms with E-state index in [0.717, 1.165) is 31.4 Å². The van der Waals surface area contributed by atoms with Gasteiger partial charge in [-0.3, -0.25) is 4.79 Å². The molecule has 2 rings (SSSR count). The van der Waals surface area contributed by atoms with E-state index in [1.54, 1.807) is 6.07 Å². The van der Waals surface area contributed by atoms with Gasteiger partial charge in [0.2, 0.25) is 5.91 Å². The Morgan fingerprint density at radius 3 is 2.86 bits per heavy atom. The van der Waals surface area contributed by atoms with Crippen molar-refractivity contribution < 1.29 is 9.18 Å². The number of halogens is 1. The molecule has 3 nitrogen and oxygen atoms in total. The molecule has 0 radical (unpaired) electrons. The molecule has 0 bridgehead atoms. The van der Waals surface area contributed by atoms with Gasteiger partial charge in [-0.2, -0.15) is 0 Å². The van der Waals surface area contributed by atoms with E-state index in [1.165, 1.54) is 12.1 Å². The van der Waals surface area contributed by atoms with E-state index in [2.05, 4.69) is 0 Å². The summed E-state index contributed by atoms with van der Waals surface area (Å²) in [5, 5.41) is 0. The highest BCUT2D eigenvalue weighted by Gasteiger charge is 2.31. The van der Waals surface area contributed by atoms with Crippen LogP contribution in [0.25, 0.3) is 0 Å². The third kappa shape index (κ3) is 4.03. The third-order valence-electron chi connectivity index (χ3n) is 4.29. The zero-order chi connectivity index (χ0) is 15.4. The number of amides is 1. The van der Waals surface area contributed by atoms with Gasteiger partial charge in [-0.1, -0.05) is 19.1 Å². The third-order valence-corrected chi connectivity index (χ3v) is 4.29. The highest BCUT2D eigenvalue weighted by Crippen LogP contribution is 2.22. The number of likely N-dealkylation sites (tertiary alicyclic amines) is 1. The molecule has 0 aliphatic carbocycles. The lowest BCUT2D eigenvalue weighted by atomic mass is 9.93. The molecule has 1 aromatic rings. The SMILES string of the molecule is CC(Cc1cccc(F)c1)C(=O)N1CCCCC1C(C)N. The zero-order valence-electron chi connectivity index (χ0n) is 12.9. The quantitative estimate of drug-likeness (QED) is 0.927. The Bertz CT molecular complexity index is 489. The van der Waals surface area contributed by atoms with Crippen LogP contribution in [0.5, 0.6) is 0 Å². The largest absolute Gasteiger partial charge is 0.338 e. The molecule has 1 aliphatic rings. The van der Waals surface area contributed by atoms with Gasteiger partial charge < -0.3 is 10.6 Å². The number of nitrogens with zero attached hydrogens (tertiary/aromatic N) is 1. The summed E-state index contributed by atoms with van der Waals surface area (Å²) >= 11 is 0. The van der Waals surface area contributed by atoms with E-state index in [-0.39, 0.29) is 29.7 Å². The van der Waals surface area contributed by atoms with Crippen molar-refractivity contribution >= 4 is 5.91 Å². The standard InChI is InChI=1S/C17H25FN2O/c1-12(10-14-6-5-7-15(18)11-14)17(21)20-9-4-3-8-16(20)13(2)19/h5-7,11-13,16H,3-4,8-10,19H2,1-2H3. The summed E-state index contributed by atoms with van der Waals surface area (Å²) < 4.78 is 13.2. The van der Waals surface area contributed by atoms with Gasteiger partial charge >= 0.3 is 0 Å². The first kappa shape index (κ1) is 16.0. The average molecular weight is 292 g/mol.